The summed E-state index contributed by atoms with van der Waals surface area (Å²) in [5.41, 5.74) is 1.11. The fourth-order valence-electron chi connectivity index (χ4n) is 2.35. The highest BCUT2D eigenvalue weighted by atomic mass is 35.5. The third kappa shape index (κ3) is 4.22. The van der Waals surface area contributed by atoms with Crippen LogP contribution in [0.3, 0.4) is 0 Å². The van der Waals surface area contributed by atoms with E-state index in [-0.39, 0.29) is 24.2 Å². The molecule has 0 bridgehead atoms. The predicted octanol–water partition coefficient (Wildman–Crippen LogP) is 2.18. The number of carbonyl (C=O) groups excluding carboxylic acids is 1. The molecule has 0 aliphatic carbocycles. The zero-order valence-corrected chi connectivity index (χ0v) is 12.4. The number of halogens is 1. The molecule has 3 nitrogen and oxygen atoms in total. The van der Waals surface area contributed by atoms with Gasteiger partial charge in [0.05, 0.1) is 5.92 Å². The van der Waals surface area contributed by atoms with E-state index in [0.29, 0.717) is 11.8 Å². The fraction of sp³-hybridized carbons (Fsp3) is 0.533. The average Bonchev–Trinajstić information content (AvgIpc) is 2.28. The smallest absolute Gasteiger partial charge is 0.227 e. The molecule has 1 amide bonds. The van der Waals surface area contributed by atoms with E-state index in [1.807, 2.05) is 30.3 Å². The van der Waals surface area contributed by atoms with Gasteiger partial charge >= 0.3 is 0 Å². The highest BCUT2D eigenvalue weighted by Gasteiger charge is 2.25. The molecular weight excluding hydrogens is 260 g/mol. The molecule has 1 heterocycles. The van der Waals surface area contributed by atoms with Gasteiger partial charge in [-0.25, -0.2) is 0 Å². The van der Waals surface area contributed by atoms with Crippen LogP contribution in [-0.2, 0) is 4.79 Å². The van der Waals surface area contributed by atoms with Gasteiger partial charge in [0, 0.05) is 25.6 Å². The molecule has 1 saturated heterocycles. The van der Waals surface area contributed by atoms with E-state index in [0.717, 1.165) is 25.2 Å². The lowest BCUT2D eigenvalue weighted by molar-refractivity contribution is -0.123. The largest absolute Gasteiger partial charge is 0.355 e. The second-order valence-electron chi connectivity index (χ2n) is 5.40. The number of hydrogen-bond acceptors (Lipinski definition) is 2. The molecule has 0 radical (unpaired) electrons. The molecule has 1 atom stereocenters. The van der Waals surface area contributed by atoms with Crippen LogP contribution < -0.4 is 10.6 Å². The van der Waals surface area contributed by atoms with Crippen LogP contribution in [0.1, 0.15) is 25.3 Å². The van der Waals surface area contributed by atoms with Crippen molar-refractivity contribution in [1.82, 2.24) is 10.6 Å². The predicted molar refractivity (Wildman–Crippen MR) is 80.6 cm³/mol. The fourth-order valence-corrected chi connectivity index (χ4v) is 2.35. The average molecular weight is 283 g/mol. The van der Waals surface area contributed by atoms with E-state index in [2.05, 4.69) is 24.5 Å². The Balaban J connectivity index is 0.00000180. The summed E-state index contributed by atoms with van der Waals surface area (Å²) in [5, 5.41) is 6.30. The van der Waals surface area contributed by atoms with E-state index >= 15 is 0 Å². The first-order valence-corrected chi connectivity index (χ1v) is 6.72. The van der Waals surface area contributed by atoms with Gasteiger partial charge in [-0.1, -0.05) is 44.2 Å². The van der Waals surface area contributed by atoms with Crippen molar-refractivity contribution in [2.24, 2.45) is 11.8 Å². The Morgan fingerprint density at radius 2 is 1.95 bits per heavy atom. The van der Waals surface area contributed by atoms with Crippen LogP contribution in [-0.4, -0.2) is 25.5 Å². The van der Waals surface area contributed by atoms with Gasteiger partial charge in [-0.3, -0.25) is 4.79 Å². The number of nitrogens with one attached hydrogen (secondary N) is 2. The number of benzene rings is 1. The Morgan fingerprint density at radius 1 is 1.32 bits per heavy atom. The Kier molecular flexibility index (Phi) is 6.32. The molecule has 2 N–H and O–H groups in total. The summed E-state index contributed by atoms with van der Waals surface area (Å²) in [7, 11) is 0. The highest BCUT2D eigenvalue weighted by molar-refractivity contribution is 5.85. The molecule has 1 aromatic carbocycles. The lowest BCUT2D eigenvalue weighted by Gasteiger charge is -2.28. The zero-order valence-electron chi connectivity index (χ0n) is 11.6. The van der Waals surface area contributed by atoms with Gasteiger partial charge in [-0.15, -0.1) is 12.4 Å². The molecule has 1 unspecified atom stereocenters. The second kappa shape index (κ2) is 7.51. The number of hydrogen-bond donors (Lipinski definition) is 2. The van der Waals surface area contributed by atoms with E-state index in [4.69, 9.17) is 0 Å². The van der Waals surface area contributed by atoms with Gasteiger partial charge in [-0.2, -0.15) is 0 Å². The summed E-state index contributed by atoms with van der Waals surface area (Å²) < 4.78 is 0. The molecular formula is C15H23ClN2O. The third-order valence-electron chi connectivity index (χ3n) is 3.54. The van der Waals surface area contributed by atoms with E-state index in [1.54, 1.807) is 0 Å². The maximum Gasteiger partial charge on any atom is 0.227 e. The minimum absolute atomic E-state index is 0. The van der Waals surface area contributed by atoms with Gasteiger partial charge in [0.25, 0.3) is 0 Å². The summed E-state index contributed by atoms with van der Waals surface area (Å²) in [6, 6.07) is 10.0. The van der Waals surface area contributed by atoms with Crippen LogP contribution in [0.5, 0.6) is 0 Å². The van der Waals surface area contributed by atoms with Crippen molar-refractivity contribution in [3.63, 3.8) is 0 Å². The molecule has 0 aromatic heterocycles. The Morgan fingerprint density at radius 3 is 2.42 bits per heavy atom. The summed E-state index contributed by atoms with van der Waals surface area (Å²) in [6.45, 7) is 7.04. The van der Waals surface area contributed by atoms with Crippen LogP contribution in [0.25, 0.3) is 0 Å². The van der Waals surface area contributed by atoms with Gasteiger partial charge in [0.1, 0.15) is 0 Å². The van der Waals surface area contributed by atoms with Gasteiger partial charge in [-0.05, 0) is 11.5 Å². The molecule has 2 rings (SSSR count). The lowest BCUT2D eigenvalue weighted by Crippen LogP contribution is -2.49. The summed E-state index contributed by atoms with van der Waals surface area (Å²) >= 11 is 0. The van der Waals surface area contributed by atoms with Gasteiger partial charge in [0.2, 0.25) is 5.91 Å². The Bertz CT molecular complexity index is 390. The minimum Gasteiger partial charge on any atom is -0.355 e. The monoisotopic (exact) mass is 282 g/mol. The number of carbonyl (C=O) groups is 1. The van der Waals surface area contributed by atoms with Gasteiger partial charge < -0.3 is 10.6 Å². The van der Waals surface area contributed by atoms with Crippen LogP contribution in [0.4, 0.5) is 0 Å². The SMILES string of the molecule is CC(C)C(C(=O)NCC1CNC1)c1ccccc1.Cl. The number of rotatable bonds is 5. The quantitative estimate of drug-likeness (QED) is 0.869. The first-order valence-electron chi connectivity index (χ1n) is 6.72. The molecule has 1 aliphatic heterocycles. The zero-order chi connectivity index (χ0) is 13.0. The molecule has 19 heavy (non-hydrogen) atoms. The lowest BCUT2D eigenvalue weighted by atomic mass is 9.87. The first-order chi connectivity index (χ1) is 8.68. The normalized spacial score (nSPS) is 16.4. The highest BCUT2D eigenvalue weighted by Crippen LogP contribution is 2.24. The maximum absolute atomic E-state index is 12.3. The molecule has 1 fully saturated rings. The standard InChI is InChI=1S/C15H22N2O.ClH/c1-11(2)14(13-6-4-3-5-7-13)15(18)17-10-12-8-16-9-12;/h3-7,11-12,14,16H,8-10H2,1-2H3,(H,17,18);1H. The molecule has 1 aromatic rings. The molecule has 106 valence electrons. The molecule has 1 aliphatic rings. The van der Waals surface area contributed by atoms with Crippen LogP contribution in [0, 0.1) is 11.8 Å². The van der Waals surface area contributed by atoms with Crippen LogP contribution in [0.15, 0.2) is 30.3 Å². The second-order valence-corrected chi connectivity index (χ2v) is 5.40. The number of amides is 1. The van der Waals surface area contributed by atoms with Crippen molar-refractivity contribution >= 4 is 18.3 Å². The molecule has 0 spiro atoms. The van der Waals surface area contributed by atoms with Gasteiger partial charge in [0.15, 0.2) is 0 Å². The van der Waals surface area contributed by atoms with Crippen LogP contribution in [0.2, 0.25) is 0 Å². The molecule has 4 heteroatoms. The summed E-state index contributed by atoms with van der Waals surface area (Å²) in [6.07, 6.45) is 0. The van der Waals surface area contributed by atoms with E-state index < -0.39 is 0 Å². The van der Waals surface area contributed by atoms with Crippen molar-refractivity contribution in [1.29, 1.82) is 0 Å². The van der Waals surface area contributed by atoms with Crippen molar-refractivity contribution in [3.05, 3.63) is 35.9 Å². The minimum atomic E-state index is -0.0424. The van der Waals surface area contributed by atoms with Crippen molar-refractivity contribution in [2.75, 3.05) is 19.6 Å². The first kappa shape index (κ1) is 16.0. The summed E-state index contributed by atoms with van der Waals surface area (Å²) in [5.74, 6) is 1.03. The Hall–Kier alpha value is -1.06. The van der Waals surface area contributed by atoms with Crippen LogP contribution >= 0.6 is 12.4 Å². The van der Waals surface area contributed by atoms with Crippen molar-refractivity contribution < 1.29 is 4.79 Å². The van der Waals surface area contributed by atoms with E-state index in [1.165, 1.54) is 0 Å². The van der Waals surface area contributed by atoms with E-state index in [9.17, 15) is 4.79 Å². The van der Waals surface area contributed by atoms with Crippen molar-refractivity contribution in [3.8, 4) is 0 Å². The third-order valence-corrected chi connectivity index (χ3v) is 3.54. The Labute approximate surface area is 121 Å². The maximum atomic E-state index is 12.3. The topological polar surface area (TPSA) is 41.1 Å². The summed E-state index contributed by atoms with van der Waals surface area (Å²) in [4.78, 5) is 12.3. The van der Waals surface area contributed by atoms with Crippen molar-refractivity contribution in [2.45, 2.75) is 19.8 Å². The molecule has 0 saturated carbocycles.